The van der Waals surface area contributed by atoms with Gasteiger partial charge in [0.05, 0.1) is 5.54 Å². The van der Waals surface area contributed by atoms with Crippen molar-refractivity contribution >= 4 is 11.8 Å². The fraction of sp³-hybridized carbons (Fsp3) is 0.818. The minimum absolute atomic E-state index is 0.0143. The molecule has 2 amide bonds. The van der Waals surface area contributed by atoms with Crippen molar-refractivity contribution < 1.29 is 9.59 Å². The Morgan fingerprint density at radius 1 is 1.07 bits per heavy atom. The van der Waals surface area contributed by atoms with Crippen LogP contribution in [-0.2, 0) is 9.59 Å². The Morgan fingerprint density at radius 3 is 2.00 bits per heavy atom. The molecular formula is C11H22N2O2. The third kappa shape index (κ3) is 5.40. The van der Waals surface area contributed by atoms with Gasteiger partial charge >= 0.3 is 0 Å². The molecule has 15 heavy (non-hydrogen) atoms. The molecule has 0 bridgehead atoms. The third-order valence-electron chi connectivity index (χ3n) is 2.54. The lowest BCUT2D eigenvalue weighted by Crippen LogP contribution is -2.53. The van der Waals surface area contributed by atoms with Crippen molar-refractivity contribution in [2.45, 2.75) is 52.5 Å². The van der Waals surface area contributed by atoms with Gasteiger partial charge in [-0.3, -0.25) is 9.59 Å². The molecule has 0 saturated carbocycles. The average molecular weight is 214 g/mol. The maximum Gasteiger partial charge on any atom is 0.220 e. The number of rotatable bonds is 6. The van der Waals surface area contributed by atoms with Crippen LogP contribution in [0.25, 0.3) is 0 Å². The smallest absolute Gasteiger partial charge is 0.220 e. The van der Waals surface area contributed by atoms with Gasteiger partial charge in [-0.25, -0.2) is 0 Å². The molecule has 4 heteroatoms. The van der Waals surface area contributed by atoms with Crippen LogP contribution in [0.1, 0.15) is 47.0 Å². The normalized spacial score (nSPS) is 14.1. The van der Waals surface area contributed by atoms with Gasteiger partial charge in [-0.1, -0.05) is 20.8 Å². The summed E-state index contributed by atoms with van der Waals surface area (Å²) >= 11 is 0. The van der Waals surface area contributed by atoms with E-state index in [1.165, 1.54) is 0 Å². The lowest BCUT2D eigenvalue weighted by molar-refractivity contribution is -0.124. The summed E-state index contributed by atoms with van der Waals surface area (Å²) in [6, 6.07) is 0. The highest BCUT2D eigenvalue weighted by Gasteiger charge is 2.23. The van der Waals surface area contributed by atoms with E-state index in [1.807, 2.05) is 27.7 Å². The van der Waals surface area contributed by atoms with Crippen molar-refractivity contribution in [3.05, 3.63) is 0 Å². The van der Waals surface area contributed by atoms with Gasteiger partial charge < -0.3 is 10.6 Å². The first-order valence-electron chi connectivity index (χ1n) is 5.55. The zero-order chi connectivity index (χ0) is 11.9. The minimum atomic E-state index is -0.335. The minimum Gasteiger partial charge on any atom is -0.354 e. The molecule has 2 N–H and O–H groups in total. The van der Waals surface area contributed by atoms with Gasteiger partial charge in [0.25, 0.3) is 0 Å². The van der Waals surface area contributed by atoms with Gasteiger partial charge in [0, 0.05) is 19.4 Å². The van der Waals surface area contributed by atoms with Gasteiger partial charge in [0.2, 0.25) is 11.8 Å². The number of carbonyl (C=O) groups is 2. The molecule has 0 unspecified atom stereocenters. The van der Waals surface area contributed by atoms with Gasteiger partial charge in [-0.2, -0.15) is 0 Å². The summed E-state index contributed by atoms with van der Waals surface area (Å²) in [5, 5.41) is 5.72. The van der Waals surface area contributed by atoms with E-state index in [9.17, 15) is 9.59 Å². The molecule has 4 nitrogen and oxygen atoms in total. The molecule has 0 heterocycles. The van der Waals surface area contributed by atoms with E-state index in [1.54, 1.807) is 0 Å². The molecule has 0 radical (unpaired) electrons. The summed E-state index contributed by atoms with van der Waals surface area (Å²) in [6.07, 6.45) is 1.74. The first-order chi connectivity index (χ1) is 6.97. The van der Waals surface area contributed by atoms with Crippen LogP contribution in [0.2, 0.25) is 0 Å². The lowest BCUT2D eigenvalue weighted by Gasteiger charge is -2.29. The predicted octanol–water partition coefficient (Wildman–Crippen LogP) is 1.21. The van der Waals surface area contributed by atoms with Crippen LogP contribution < -0.4 is 10.6 Å². The Bertz CT molecular complexity index is 229. The highest BCUT2D eigenvalue weighted by atomic mass is 16.2. The maximum absolute atomic E-state index is 11.3. The van der Waals surface area contributed by atoms with E-state index in [0.29, 0.717) is 19.4 Å². The second kappa shape index (κ2) is 6.43. The van der Waals surface area contributed by atoms with Gasteiger partial charge in [0.1, 0.15) is 0 Å². The molecule has 0 spiro atoms. The number of hydrogen-bond donors (Lipinski definition) is 2. The van der Waals surface area contributed by atoms with E-state index >= 15 is 0 Å². The first-order valence-corrected chi connectivity index (χ1v) is 5.55. The van der Waals surface area contributed by atoms with Crippen LogP contribution in [-0.4, -0.2) is 23.9 Å². The van der Waals surface area contributed by atoms with E-state index < -0.39 is 0 Å². The van der Waals surface area contributed by atoms with Gasteiger partial charge in [-0.05, 0) is 13.3 Å². The highest BCUT2D eigenvalue weighted by Crippen LogP contribution is 2.08. The molecule has 0 aromatic rings. The zero-order valence-electron chi connectivity index (χ0n) is 10.1. The second-order valence-electron chi connectivity index (χ2n) is 3.95. The fourth-order valence-electron chi connectivity index (χ4n) is 1.10. The van der Waals surface area contributed by atoms with Crippen LogP contribution in [0.15, 0.2) is 0 Å². The summed E-state index contributed by atoms with van der Waals surface area (Å²) in [5.74, 6) is 0.0329. The number of amides is 2. The topological polar surface area (TPSA) is 58.2 Å². The largest absolute Gasteiger partial charge is 0.354 e. The summed E-state index contributed by atoms with van der Waals surface area (Å²) in [7, 11) is 0. The zero-order valence-corrected chi connectivity index (χ0v) is 10.1. The number of hydrogen-bond acceptors (Lipinski definition) is 2. The van der Waals surface area contributed by atoms with E-state index in [4.69, 9.17) is 0 Å². The summed E-state index contributed by atoms with van der Waals surface area (Å²) in [5.41, 5.74) is -0.335. The maximum atomic E-state index is 11.3. The predicted molar refractivity (Wildman–Crippen MR) is 60.4 cm³/mol. The summed E-state index contributed by atoms with van der Waals surface area (Å²) < 4.78 is 0. The highest BCUT2D eigenvalue weighted by molar-refractivity contribution is 5.77. The molecule has 0 aliphatic heterocycles. The number of carbonyl (C=O) groups excluding carboxylic acids is 2. The molecule has 0 rings (SSSR count). The van der Waals surface area contributed by atoms with Crippen molar-refractivity contribution in [3.63, 3.8) is 0 Å². The van der Waals surface area contributed by atoms with Crippen LogP contribution in [0.4, 0.5) is 0 Å². The average Bonchev–Trinajstić information content (AvgIpc) is 2.25. The van der Waals surface area contributed by atoms with E-state index in [0.717, 1.165) is 6.42 Å². The molecule has 88 valence electrons. The Kier molecular flexibility index (Phi) is 5.97. The van der Waals surface area contributed by atoms with Crippen molar-refractivity contribution in [2.75, 3.05) is 6.54 Å². The quantitative estimate of drug-likeness (QED) is 0.698. The van der Waals surface area contributed by atoms with Crippen molar-refractivity contribution in [3.8, 4) is 0 Å². The molecule has 0 aliphatic rings. The second-order valence-corrected chi connectivity index (χ2v) is 3.95. The molecule has 0 aromatic carbocycles. The first kappa shape index (κ1) is 13.9. The standard InChI is InChI=1S/C11H22N2O2/c1-5-9(14)12-8-11(4,7-3)13-10(15)6-2/h5-8H2,1-4H3,(H,12,14)(H,13,15)/t11-/m0/s1. The third-order valence-corrected chi connectivity index (χ3v) is 2.54. The van der Waals surface area contributed by atoms with Crippen LogP contribution in [0.5, 0.6) is 0 Å². The van der Waals surface area contributed by atoms with Crippen LogP contribution in [0.3, 0.4) is 0 Å². The van der Waals surface area contributed by atoms with E-state index in [2.05, 4.69) is 10.6 Å². The molecule has 0 aromatic heterocycles. The molecule has 0 aliphatic carbocycles. The van der Waals surface area contributed by atoms with Gasteiger partial charge in [0.15, 0.2) is 0 Å². The molecule has 0 fully saturated rings. The van der Waals surface area contributed by atoms with Crippen molar-refractivity contribution in [1.82, 2.24) is 10.6 Å². The SMILES string of the molecule is CCC(=O)NC[C@](C)(CC)NC(=O)CC. The van der Waals surface area contributed by atoms with Gasteiger partial charge in [-0.15, -0.1) is 0 Å². The van der Waals surface area contributed by atoms with Crippen molar-refractivity contribution in [2.24, 2.45) is 0 Å². The molecule has 1 atom stereocenters. The number of nitrogens with one attached hydrogen (secondary N) is 2. The summed E-state index contributed by atoms with van der Waals surface area (Å²) in [6.45, 7) is 8.05. The Labute approximate surface area is 91.8 Å². The molecular weight excluding hydrogens is 192 g/mol. The molecule has 0 saturated heterocycles. The Morgan fingerprint density at radius 2 is 1.60 bits per heavy atom. The van der Waals surface area contributed by atoms with Crippen LogP contribution in [0, 0.1) is 0 Å². The Hall–Kier alpha value is -1.06. The van der Waals surface area contributed by atoms with Crippen molar-refractivity contribution in [1.29, 1.82) is 0 Å². The lowest BCUT2D eigenvalue weighted by atomic mass is 9.98. The Balaban J connectivity index is 4.18. The van der Waals surface area contributed by atoms with E-state index in [-0.39, 0.29) is 17.4 Å². The monoisotopic (exact) mass is 214 g/mol. The van der Waals surface area contributed by atoms with Crippen LogP contribution >= 0.6 is 0 Å². The summed E-state index contributed by atoms with van der Waals surface area (Å²) in [4.78, 5) is 22.4. The fourth-order valence-corrected chi connectivity index (χ4v) is 1.10.